The number of thiophene rings is 1. The van der Waals surface area contributed by atoms with Gasteiger partial charge in [-0.15, -0.1) is 11.3 Å². The van der Waals surface area contributed by atoms with E-state index in [1.807, 2.05) is 47.7 Å². The number of rotatable bonds is 7. The first kappa shape index (κ1) is 19.0. The molecule has 4 rings (SSSR count). The second kappa shape index (κ2) is 9.22. The van der Waals surface area contributed by atoms with E-state index in [4.69, 9.17) is 4.74 Å². The average Bonchev–Trinajstić information content (AvgIpc) is 3.24. The Morgan fingerprint density at radius 3 is 2.68 bits per heavy atom. The molecule has 2 heterocycles. The minimum absolute atomic E-state index is 0.0471. The van der Waals surface area contributed by atoms with E-state index in [0.717, 1.165) is 50.2 Å². The Labute approximate surface area is 170 Å². The number of carbonyl (C=O) groups is 1. The lowest BCUT2D eigenvalue weighted by atomic mass is 9.97. The summed E-state index contributed by atoms with van der Waals surface area (Å²) in [5.41, 5.74) is 0. The molecule has 146 valence electrons. The fourth-order valence-corrected chi connectivity index (χ4v) is 4.43. The molecule has 0 spiro atoms. The summed E-state index contributed by atoms with van der Waals surface area (Å²) in [6.07, 6.45) is 2.27. The van der Waals surface area contributed by atoms with Crippen molar-refractivity contribution in [1.82, 2.24) is 10.2 Å². The average molecular weight is 395 g/mol. The van der Waals surface area contributed by atoms with Gasteiger partial charge in [-0.1, -0.05) is 36.4 Å². The number of benzene rings is 2. The van der Waals surface area contributed by atoms with Crippen molar-refractivity contribution in [1.29, 1.82) is 0 Å². The van der Waals surface area contributed by atoms with Gasteiger partial charge in [0.25, 0.3) is 5.91 Å². The molecule has 1 aliphatic rings. The van der Waals surface area contributed by atoms with Crippen LogP contribution in [0.25, 0.3) is 10.8 Å². The van der Waals surface area contributed by atoms with E-state index in [-0.39, 0.29) is 12.5 Å². The van der Waals surface area contributed by atoms with Crippen LogP contribution in [0, 0.1) is 5.92 Å². The molecule has 1 saturated heterocycles. The van der Waals surface area contributed by atoms with Crippen LogP contribution in [-0.2, 0) is 11.3 Å². The van der Waals surface area contributed by atoms with Gasteiger partial charge in [-0.3, -0.25) is 9.69 Å². The highest BCUT2D eigenvalue weighted by Crippen LogP contribution is 2.21. The molecule has 0 saturated carbocycles. The molecule has 1 aromatic heterocycles. The third kappa shape index (κ3) is 5.12. The van der Waals surface area contributed by atoms with Gasteiger partial charge in [0.2, 0.25) is 0 Å². The number of ether oxygens (including phenoxy) is 1. The maximum atomic E-state index is 12.2. The molecule has 1 fully saturated rings. The molecule has 0 unspecified atom stereocenters. The van der Waals surface area contributed by atoms with Crippen LogP contribution in [0.15, 0.2) is 60.0 Å². The Bertz CT molecular complexity index is 902. The number of nitrogens with zero attached hydrogens (tertiary/aromatic N) is 1. The van der Waals surface area contributed by atoms with E-state index >= 15 is 0 Å². The highest BCUT2D eigenvalue weighted by atomic mass is 32.1. The second-order valence-corrected chi connectivity index (χ2v) is 8.43. The number of likely N-dealkylation sites (tertiary alicyclic amines) is 1. The summed E-state index contributed by atoms with van der Waals surface area (Å²) < 4.78 is 5.67. The second-order valence-electron chi connectivity index (χ2n) is 7.40. The van der Waals surface area contributed by atoms with Gasteiger partial charge in [-0.05, 0) is 66.2 Å². The number of hydrogen-bond donors (Lipinski definition) is 1. The van der Waals surface area contributed by atoms with Crippen molar-refractivity contribution in [2.45, 2.75) is 19.4 Å². The van der Waals surface area contributed by atoms with E-state index in [9.17, 15) is 4.79 Å². The summed E-state index contributed by atoms with van der Waals surface area (Å²) in [4.78, 5) is 16.1. The molecule has 5 heteroatoms. The van der Waals surface area contributed by atoms with Crippen LogP contribution >= 0.6 is 11.3 Å². The summed E-state index contributed by atoms with van der Waals surface area (Å²) in [5, 5.41) is 7.47. The minimum atomic E-state index is -0.0471. The lowest BCUT2D eigenvalue weighted by Crippen LogP contribution is -2.39. The molecule has 1 amide bonds. The Morgan fingerprint density at radius 2 is 1.89 bits per heavy atom. The maximum absolute atomic E-state index is 12.2. The molecule has 3 aromatic rings. The Balaban J connectivity index is 1.16. The van der Waals surface area contributed by atoms with Gasteiger partial charge in [0.15, 0.2) is 6.61 Å². The molecule has 0 bridgehead atoms. The first-order valence-corrected chi connectivity index (χ1v) is 10.8. The number of nitrogens with one attached hydrogen (secondary N) is 1. The number of fused-ring (bicyclic) bond motifs is 1. The zero-order valence-electron chi connectivity index (χ0n) is 16.0. The Morgan fingerprint density at radius 1 is 1.07 bits per heavy atom. The lowest BCUT2D eigenvalue weighted by Gasteiger charge is -2.31. The fraction of sp³-hybridized carbons (Fsp3) is 0.348. The van der Waals surface area contributed by atoms with Gasteiger partial charge in [0, 0.05) is 18.0 Å². The zero-order valence-corrected chi connectivity index (χ0v) is 16.8. The normalized spacial score (nSPS) is 15.6. The van der Waals surface area contributed by atoms with Crippen LogP contribution in [0.3, 0.4) is 0 Å². The van der Waals surface area contributed by atoms with Crippen molar-refractivity contribution in [2.75, 3.05) is 26.2 Å². The molecular weight excluding hydrogens is 368 g/mol. The minimum Gasteiger partial charge on any atom is -0.484 e. The van der Waals surface area contributed by atoms with Crippen molar-refractivity contribution in [3.63, 3.8) is 0 Å². The molecule has 2 aromatic carbocycles. The predicted molar refractivity (Wildman–Crippen MR) is 115 cm³/mol. The summed E-state index contributed by atoms with van der Waals surface area (Å²) in [6, 6.07) is 18.4. The van der Waals surface area contributed by atoms with Crippen molar-refractivity contribution >= 4 is 28.0 Å². The SMILES string of the molecule is O=C(COc1ccc2ccccc2c1)NCC1CCN(Cc2cccs2)CC1. The van der Waals surface area contributed by atoms with E-state index in [1.165, 1.54) is 10.3 Å². The predicted octanol–water partition coefficient (Wildman–Crippen LogP) is 4.31. The summed E-state index contributed by atoms with van der Waals surface area (Å²) in [6.45, 7) is 4.07. The first-order valence-electron chi connectivity index (χ1n) is 9.89. The highest BCUT2D eigenvalue weighted by molar-refractivity contribution is 7.09. The van der Waals surface area contributed by atoms with Crippen molar-refractivity contribution in [2.24, 2.45) is 5.92 Å². The smallest absolute Gasteiger partial charge is 0.257 e. The zero-order chi connectivity index (χ0) is 19.2. The molecule has 28 heavy (non-hydrogen) atoms. The van der Waals surface area contributed by atoms with Crippen LogP contribution < -0.4 is 10.1 Å². The molecule has 1 N–H and O–H groups in total. The quantitative estimate of drug-likeness (QED) is 0.649. The van der Waals surface area contributed by atoms with Crippen LogP contribution in [0.1, 0.15) is 17.7 Å². The van der Waals surface area contributed by atoms with Gasteiger partial charge in [0.05, 0.1) is 0 Å². The van der Waals surface area contributed by atoms with Crippen molar-refractivity contribution in [3.05, 3.63) is 64.9 Å². The van der Waals surface area contributed by atoms with Crippen molar-refractivity contribution in [3.8, 4) is 5.75 Å². The van der Waals surface area contributed by atoms with Gasteiger partial charge < -0.3 is 10.1 Å². The fourth-order valence-electron chi connectivity index (χ4n) is 3.69. The van der Waals surface area contributed by atoms with Crippen LogP contribution in [-0.4, -0.2) is 37.0 Å². The van der Waals surface area contributed by atoms with Crippen LogP contribution in [0.2, 0.25) is 0 Å². The van der Waals surface area contributed by atoms with Crippen LogP contribution in [0.5, 0.6) is 5.75 Å². The van der Waals surface area contributed by atoms with E-state index < -0.39 is 0 Å². The van der Waals surface area contributed by atoms with Crippen LogP contribution in [0.4, 0.5) is 0 Å². The summed E-state index contributed by atoms with van der Waals surface area (Å²) in [7, 11) is 0. The maximum Gasteiger partial charge on any atom is 0.257 e. The topological polar surface area (TPSA) is 41.6 Å². The first-order chi connectivity index (χ1) is 13.8. The largest absolute Gasteiger partial charge is 0.484 e. The third-order valence-electron chi connectivity index (χ3n) is 5.35. The van der Waals surface area contributed by atoms with Gasteiger partial charge in [0.1, 0.15) is 5.75 Å². The molecule has 0 aliphatic carbocycles. The molecule has 4 nitrogen and oxygen atoms in total. The van der Waals surface area contributed by atoms with E-state index in [2.05, 4.69) is 33.8 Å². The van der Waals surface area contributed by atoms with Gasteiger partial charge >= 0.3 is 0 Å². The number of piperidine rings is 1. The molecule has 1 aliphatic heterocycles. The van der Waals surface area contributed by atoms with E-state index in [0.29, 0.717) is 5.92 Å². The van der Waals surface area contributed by atoms with E-state index in [1.54, 1.807) is 0 Å². The summed E-state index contributed by atoms with van der Waals surface area (Å²) >= 11 is 1.82. The van der Waals surface area contributed by atoms with Gasteiger partial charge in [-0.2, -0.15) is 0 Å². The Kier molecular flexibility index (Phi) is 6.24. The molecule has 0 radical (unpaired) electrons. The Hall–Kier alpha value is -2.37. The monoisotopic (exact) mass is 394 g/mol. The highest BCUT2D eigenvalue weighted by Gasteiger charge is 2.20. The summed E-state index contributed by atoms with van der Waals surface area (Å²) in [5.74, 6) is 1.24. The lowest BCUT2D eigenvalue weighted by molar-refractivity contribution is -0.123. The van der Waals surface area contributed by atoms with Gasteiger partial charge in [-0.25, -0.2) is 0 Å². The molecular formula is C23H26N2O2S. The number of hydrogen-bond acceptors (Lipinski definition) is 4. The number of carbonyl (C=O) groups excluding carboxylic acids is 1. The third-order valence-corrected chi connectivity index (χ3v) is 6.21. The standard InChI is InChI=1S/C23H26N2O2S/c26-23(17-27-21-8-7-19-4-1-2-5-20(19)14-21)24-15-18-9-11-25(12-10-18)16-22-6-3-13-28-22/h1-8,13-14,18H,9-12,15-17H2,(H,24,26). The molecule has 0 atom stereocenters. The van der Waals surface area contributed by atoms with Crippen molar-refractivity contribution < 1.29 is 9.53 Å². The number of amides is 1.